The van der Waals surface area contributed by atoms with Gasteiger partial charge < -0.3 is 5.32 Å². The molecular weight excluding hydrogens is 228 g/mol. The van der Waals surface area contributed by atoms with Crippen LogP contribution in [0, 0.1) is 6.92 Å². The number of rotatable bonds is 5. The molecule has 3 heteroatoms. The third-order valence-corrected chi connectivity index (χ3v) is 3.83. The van der Waals surface area contributed by atoms with Gasteiger partial charge in [-0.25, -0.2) is 0 Å². The van der Waals surface area contributed by atoms with Crippen LogP contribution >= 0.6 is 11.3 Å². The number of pyridine rings is 1. The molecule has 2 rings (SSSR count). The molecule has 0 saturated heterocycles. The first kappa shape index (κ1) is 12.3. The summed E-state index contributed by atoms with van der Waals surface area (Å²) in [4.78, 5) is 6.95. The maximum absolute atomic E-state index is 4.17. The third-order valence-electron chi connectivity index (χ3n) is 2.72. The smallest absolute Gasteiger partial charge is 0.0456 e. The highest BCUT2D eigenvalue weighted by Gasteiger charge is 2.12. The Hall–Kier alpha value is -1.19. The summed E-state index contributed by atoms with van der Waals surface area (Å²) in [6.07, 6.45) is 4.77. The van der Waals surface area contributed by atoms with E-state index in [1.54, 1.807) is 0 Å². The van der Waals surface area contributed by atoms with Crippen molar-refractivity contribution < 1.29 is 0 Å². The van der Waals surface area contributed by atoms with Crippen LogP contribution in [-0.4, -0.2) is 11.5 Å². The zero-order valence-corrected chi connectivity index (χ0v) is 11.1. The van der Waals surface area contributed by atoms with Crippen LogP contribution in [0.1, 0.15) is 28.3 Å². The van der Waals surface area contributed by atoms with Crippen molar-refractivity contribution in [3.05, 3.63) is 52.0 Å². The van der Waals surface area contributed by atoms with Crippen LogP contribution in [0.3, 0.4) is 0 Å². The molecule has 1 unspecified atom stereocenters. The van der Waals surface area contributed by atoms with E-state index in [1.807, 2.05) is 29.8 Å². The summed E-state index contributed by atoms with van der Waals surface area (Å²) in [5.41, 5.74) is 1.28. The Morgan fingerprint density at radius 2 is 2.24 bits per heavy atom. The van der Waals surface area contributed by atoms with E-state index in [2.05, 4.69) is 42.3 Å². The van der Waals surface area contributed by atoms with Crippen LogP contribution in [0.4, 0.5) is 0 Å². The molecule has 1 atom stereocenters. The van der Waals surface area contributed by atoms with Crippen molar-refractivity contribution in [3.63, 3.8) is 0 Å². The second kappa shape index (κ2) is 5.94. The van der Waals surface area contributed by atoms with Crippen LogP contribution in [0.25, 0.3) is 0 Å². The van der Waals surface area contributed by atoms with E-state index in [0.29, 0.717) is 6.04 Å². The number of hydrogen-bond donors (Lipinski definition) is 1. The molecule has 0 fully saturated rings. The number of aryl methyl sites for hydroxylation is 1. The molecule has 1 N–H and O–H groups in total. The van der Waals surface area contributed by atoms with Gasteiger partial charge in [-0.05, 0) is 43.7 Å². The molecule has 0 aliphatic heterocycles. The summed E-state index contributed by atoms with van der Waals surface area (Å²) in [5, 5.41) is 3.54. The van der Waals surface area contributed by atoms with Crippen LogP contribution in [0.15, 0.2) is 36.7 Å². The number of hydrogen-bond acceptors (Lipinski definition) is 3. The van der Waals surface area contributed by atoms with Crippen molar-refractivity contribution >= 4 is 11.3 Å². The van der Waals surface area contributed by atoms with Gasteiger partial charge in [-0.15, -0.1) is 11.3 Å². The number of thiophene rings is 1. The molecule has 0 aliphatic carbocycles. The molecule has 0 aliphatic rings. The Balaban J connectivity index is 2.13. The van der Waals surface area contributed by atoms with Gasteiger partial charge in [0.05, 0.1) is 0 Å². The van der Waals surface area contributed by atoms with E-state index in [1.165, 1.54) is 15.3 Å². The third kappa shape index (κ3) is 3.38. The monoisotopic (exact) mass is 246 g/mol. The van der Waals surface area contributed by atoms with Gasteiger partial charge in [-0.1, -0.05) is 13.0 Å². The quantitative estimate of drug-likeness (QED) is 0.875. The Kier molecular flexibility index (Phi) is 4.29. The number of aromatic nitrogens is 1. The highest BCUT2D eigenvalue weighted by molar-refractivity contribution is 7.12. The molecule has 90 valence electrons. The van der Waals surface area contributed by atoms with Crippen LogP contribution in [0.2, 0.25) is 0 Å². The molecular formula is C14H18N2S. The number of nitrogens with one attached hydrogen (secondary N) is 1. The largest absolute Gasteiger partial charge is 0.309 e. The van der Waals surface area contributed by atoms with Crippen LogP contribution in [0.5, 0.6) is 0 Å². The molecule has 0 saturated carbocycles. The number of nitrogens with zero attached hydrogens (tertiary/aromatic N) is 1. The second-order valence-electron chi connectivity index (χ2n) is 4.12. The summed E-state index contributed by atoms with van der Waals surface area (Å²) < 4.78 is 0. The SMILES string of the molecule is CCNC(Cc1cccnc1)c1ccc(C)s1. The van der Waals surface area contributed by atoms with Crippen molar-refractivity contribution in [2.45, 2.75) is 26.3 Å². The zero-order chi connectivity index (χ0) is 12.1. The van der Waals surface area contributed by atoms with Gasteiger partial charge in [0.2, 0.25) is 0 Å². The predicted octanol–water partition coefficient (Wildman–Crippen LogP) is 3.34. The average Bonchev–Trinajstić information content (AvgIpc) is 2.77. The summed E-state index contributed by atoms with van der Waals surface area (Å²) >= 11 is 1.87. The molecule has 0 radical (unpaired) electrons. The molecule has 17 heavy (non-hydrogen) atoms. The van der Waals surface area contributed by atoms with Crippen molar-refractivity contribution in [3.8, 4) is 0 Å². The molecule has 2 nitrogen and oxygen atoms in total. The van der Waals surface area contributed by atoms with E-state index in [-0.39, 0.29) is 0 Å². The molecule has 0 amide bonds. The summed E-state index contributed by atoms with van der Waals surface area (Å²) in [5.74, 6) is 0. The molecule has 0 aromatic carbocycles. The van der Waals surface area contributed by atoms with Crippen molar-refractivity contribution in [2.75, 3.05) is 6.54 Å². The summed E-state index contributed by atoms with van der Waals surface area (Å²) in [6.45, 7) is 5.29. The minimum atomic E-state index is 0.405. The lowest BCUT2D eigenvalue weighted by atomic mass is 10.1. The number of likely N-dealkylation sites (N-methyl/N-ethyl adjacent to an activating group) is 1. The van der Waals surface area contributed by atoms with Gasteiger partial charge in [0, 0.05) is 28.2 Å². The Labute approximate surface area is 107 Å². The Bertz CT molecular complexity index is 450. The average molecular weight is 246 g/mol. The van der Waals surface area contributed by atoms with Crippen LogP contribution in [-0.2, 0) is 6.42 Å². The van der Waals surface area contributed by atoms with Crippen molar-refractivity contribution in [1.29, 1.82) is 0 Å². The lowest BCUT2D eigenvalue weighted by molar-refractivity contribution is 0.557. The van der Waals surface area contributed by atoms with Gasteiger partial charge in [-0.2, -0.15) is 0 Å². The summed E-state index contributed by atoms with van der Waals surface area (Å²) in [7, 11) is 0. The maximum Gasteiger partial charge on any atom is 0.0456 e. The van der Waals surface area contributed by atoms with E-state index in [9.17, 15) is 0 Å². The fraction of sp³-hybridized carbons (Fsp3) is 0.357. The normalized spacial score (nSPS) is 12.6. The highest BCUT2D eigenvalue weighted by Crippen LogP contribution is 2.25. The lowest BCUT2D eigenvalue weighted by Gasteiger charge is -2.16. The molecule has 0 spiro atoms. The summed E-state index contributed by atoms with van der Waals surface area (Å²) in [6, 6.07) is 8.95. The molecule has 2 aromatic rings. The van der Waals surface area contributed by atoms with Gasteiger partial charge >= 0.3 is 0 Å². The standard InChI is InChI=1S/C14H18N2S/c1-3-16-13(14-7-6-11(2)17-14)9-12-5-4-8-15-10-12/h4-8,10,13,16H,3,9H2,1-2H3. The first-order chi connectivity index (χ1) is 8.29. The van der Waals surface area contributed by atoms with Gasteiger partial charge in [0.15, 0.2) is 0 Å². The lowest BCUT2D eigenvalue weighted by Crippen LogP contribution is -2.22. The maximum atomic E-state index is 4.17. The van der Waals surface area contributed by atoms with E-state index < -0.39 is 0 Å². The highest BCUT2D eigenvalue weighted by atomic mass is 32.1. The van der Waals surface area contributed by atoms with Gasteiger partial charge in [0.25, 0.3) is 0 Å². The Morgan fingerprint density at radius 1 is 1.35 bits per heavy atom. The predicted molar refractivity (Wildman–Crippen MR) is 73.4 cm³/mol. The van der Waals surface area contributed by atoms with Gasteiger partial charge in [-0.3, -0.25) is 4.98 Å². The topological polar surface area (TPSA) is 24.9 Å². The first-order valence-corrected chi connectivity index (χ1v) is 6.80. The van der Waals surface area contributed by atoms with Crippen LogP contribution < -0.4 is 5.32 Å². The Morgan fingerprint density at radius 3 is 2.82 bits per heavy atom. The minimum absolute atomic E-state index is 0.405. The second-order valence-corrected chi connectivity index (χ2v) is 5.44. The van der Waals surface area contributed by atoms with Crippen molar-refractivity contribution in [1.82, 2.24) is 10.3 Å². The molecule has 2 heterocycles. The van der Waals surface area contributed by atoms with E-state index in [0.717, 1.165) is 13.0 Å². The molecule has 2 aromatic heterocycles. The first-order valence-electron chi connectivity index (χ1n) is 5.98. The fourth-order valence-corrected chi connectivity index (χ4v) is 2.87. The van der Waals surface area contributed by atoms with Gasteiger partial charge in [0.1, 0.15) is 0 Å². The van der Waals surface area contributed by atoms with Crippen molar-refractivity contribution in [2.24, 2.45) is 0 Å². The zero-order valence-electron chi connectivity index (χ0n) is 10.3. The molecule has 0 bridgehead atoms. The van der Waals surface area contributed by atoms with E-state index in [4.69, 9.17) is 0 Å². The van der Waals surface area contributed by atoms with E-state index >= 15 is 0 Å². The fourth-order valence-electron chi connectivity index (χ4n) is 1.92. The minimum Gasteiger partial charge on any atom is -0.309 e.